The van der Waals surface area contributed by atoms with Gasteiger partial charge in [0.2, 0.25) is 5.91 Å². The van der Waals surface area contributed by atoms with E-state index in [2.05, 4.69) is 36.3 Å². The molecule has 0 spiro atoms. The van der Waals surface area contributed by atoms with Gasteiger partial charge in [0.25, 0.3) is 0 Å². The largest absolute Gasteiger partial charge is 0.481 e. The number of carbonyl (C=O) groups excluding carboxylic acids is 1. The molecule has 3 rings (SSSR count). The van der Waals surface area contributed by atoms with Gasteiger partial charge in [-0.1, -0.05) is 20.8 Å². The molecule has 0 aromatic carbocycles. The van der Waals surface area contributed by atoms with E-state index in [1.165, 1.54) is 0 Å². The van der Waals surface area contributed by atoms with Gasteiger partial charge >= 0.3 is 5.97 Å². The van der Waals surface area contributed by atoms with Crippen molar-refractivity contribution in [3.63, 3.8) is 0 Å². The van der Waals surface area contributed by atoms with Gasteiger partial charge in [0.05, 0.1) is 11.6 Å². The number of amides is 1. The summed E-state index contributed by atoms with van der Waals surface area (Å²) in [5.74, 6) is -1.50. The molecule has 22 heavy (non-hydrogen) atoms. The highest BCUT2D eigenvalue weighted by Gasteiger charge is 2.59. The lowest BCUT2D eigenvalue weighted by Crippen LogP contribution is -2.40. The van der Waals surface area contributed by atoms with Crippen LogP contribution >= 0.6 is 0 Å². The van der Waals surface area contributed by atoms with Crippen LogP contribution in [0.1, 0.15) is 32.2 Å². The molecule has 2 aliphatic rings. The predicted molar refractivity (Wildman–Crippen MR) is 79.1 cm³/mol. The summed E-state index contributed by atoms with van der Waals surface area (Å²) in [5.41, 5.74) is 0.918. The summed E-state index contributed by atoms with van der Waals surface area (Å²) in [6.07, 6.45) is 0. The van der Waals surface area contributed by atoms with Crippen molar-refractivity contribution in [1.29, 1.82) is 0 Å². The highest BCUT2D eigenvalue weighted by molar-refractivity contribution is 5.92. The minimum Gasteiger partial charge on any atom is -0.481 e. The average Bonchev–Trinajstić information content (AvgIpc) is 3.06. The van der Waals surface area contributed by atoms with Gasteiger partial charge in [-0.2, -0.15) is 5.10 Å². The minimum atomic E-state index is -0.982. The fraction of sp³-hybridized carbons (Fsp3) is 0.667. The van der Waals surface area contributed by atoms with Crippen LogP contribution in [-0.4, -0.2) is 51.7 Å². The van der Waals surface area contributed by atoms with E-state index in [1.54, 1.807) is 0 Å². The van der Waals surface area contributed by atoms with Gasteiger partial charge in [0, 0.05) is 37.3 Å². The highest BCUT2D eigenvalue weighted by atomic mass is 16.4. The second-order valence-corrected chi connectivity index (χ2v) is 7.43. The van der Waals surface area contributed by atoms with Crippen molar-refractivity contribution in [3.05, 3.63) is 17.5 Å². The standard InChI is InChI=1S/C15H22N4O3/c1-14(2,3)11-4-9(17-18-11)5-19-6-10-12(20)16-7-15(10,8-19)13(21)22/h4,10H,5-8H2,1-3H3,(H,16,20)(H,17,18)(H,21,22)/t10-,15+/m1/s1. The third-order valence-electron chi connectivity index (χ3n) is 4.73. The Balaban J connectivity index is 1.74. The van der Waals surface area contributed by atoms with Crippen LogP contribution in [0.5, 0.6) is 0 Å². The van der Waals surface area contributed by atoms with Crippen molar-refractivity contribution >= 4 is 11.9 Å². The Morgan fingerprint density at radius 2 is 2.27 bits per heavy atom. The van der Waals surface area contributed by atoms with Crippen LogP contribution in [-0.2, 0) is 21.5 Å². The topological polar surface area (TPSA) is 98.3 Å². The van der Waals surface area contributed by atoms with Crippen molar-refractivity contribution in [3.8, 4) is 0 Å². The number of fused-ring (bicyclic) bond motifs is 1. The molecule has 7 nitrogen and oxygen atoms in total. The van der Waals surface area contributed by atoms with E-state index < -0.39 is 17.3 Å². The second kappa shape index (κ2) is 4.81. The quantitative estimate of drug-likeness (QED) is 0.748. The third kappa shape index (κ3) is 2.29. The van der Waals surface area contributed by atoms with E-state index in [1.807, 2.05) is 11.0 Å². The maximum Gasteiger partial charge on any atom is 0.313 e. The van der Waals surface area contributed by atoms with Crippen molar-refractivity contribution in [2.75, 3.05) is 19.6 Å². The summed E-state index contributed by atoms with van der Waals surface area (Å²) in [7, 11) is 0. The molecule has 2 fully saturated rings. The lowest BCUT2D eigenvalue weighted by molar-refractivity contribution is -0.149. The van der Waals surface area contributed by atoms with Crippen LogP contribution in [0.25, 0.3) is 0 Å². The molecule has 1 aromatic heterocycles. The number of carboxylic acid groups (broad SMARTS) is 1. The lowest BCUT2D eigenvalue weighted by Gasteiger charge is -2.21. The zero-order valence-corrected chi connectivity index (χ0v) is 13.1. The molecule has 3 heterocycles. The van der Waals surface area contributed by atoms with Gasteiger partial charge in [-0.05, 0) is 6.07 Å². The number of aromatic amines is 1. The number of hydrogen-bond donors (Lipinski definition) is 3. The molecule has 120 valence electrons. The van der Waals surface area contributed by atoms with Crippen molar-refractivity contribution in [2.45, 2.75) is 32.7 Å². The number of rotatable bonds is 3. The summed E-state index contributed by atoms with van der Waals surface area (Å²) >= 11 is 0. The average molecular weight is 306 g/mol. The zero-order valence-electron chi connectivity index (χ0n) is 13.1. The van der Waals surface area contributed by atoms with E-state index in [0.717, 1.165) is 11.4 Å². The first-order valence-electron chi connectivity index (χ1n) is 7.50. The number of nitrogens with one attached hydrogen (secondary N) is 2. The normalized spacial score (nSPS) is 28.7. The second-order valence-electron chi connectivity index (χ2n) is 7.43. The zero-order chi connectivity index (χ0) is 16.1. The van der Waals surface area contributed by atoms with Crippen LogP contribution in [0, 0.1) is 11.3 Å². The van der Waals surface area contributed by atoms with Crippen LogP contribution in [0.3, 0.4) is 0 Å². The molecule has 1 aromatic rings. The van der Waals surface area contributed by atoms with Crippen molar-refractivity contribution < 1.29 is 14.7 Å². The molecule has 2 aliphatic heterocycles. The van der Waals surface area contributed by atoms with Gasteiger partial charge in [0.15, 0.2) is 0 Å². The Hall–Kier alpha value is -1.89. The van der Waals surface area contributed by atoms with Crippen LogP contribution in [0.4, 0.5) is 0 Å². The van der Waals surface area contributed by atoms with Crippen LogP contribution < -0.4 is 5.32 Å². The molecule has 0 radical (unpaired) electrons. The molecule has 0 unspecified atom stereocenters. The molecular weight excluding hydrogens is 284 g/mol. The van der Waals surface area contributed by atoms with Crippen molar-refractivity contribution in [2.24, 2.45) is 11.3 Å². The van der Waals surface area contributed by atoms with Gasteiger partial charge in [0.1, 0.15) is 5.41 Å². The summed E-state index contributed by atoms with van der Waals surface area (Å²) in [4.78, 5) is 25.5. The van der Waals surface area contributed by atoms with Gasteiger partial charge in [-0.25, -0.2) is 0 Å². The maximum absolute atomic E-state index is 11.9. The summed E-state index contributed by atoms with van der Waals surface area (Å²) in [6, 6.07) is 2.02. The maximum atomic E-state index is 11.9. The fourth-order valence-electron chi connectivity index (χ4n) is 3.37. The number of carboxylic acids is 1. The van der Waals surface area contributed by atoms with Crippen molar-refractivity contribution in [1.82, 2.24) is 20.4 Å². The van der Waals surface area contributed by atoms with E-state index in [0.29, 0.717) is 19.6 Å². The van der Waals surface area contributed by atoms with Crippen LogP contribution in [0.15, 0.2) is 6.07 Å². The first-order chi connectivity index (χ1) is 10.2. The van der Waals surface area contributed by atoms with Gasteiger partial charge < -0.3 is 10.4 Å². The van der Waals surface area contributed by atoms with E-state index in [4.69, 9.17) is 0 Å². The Labute approximate surface area is 129 Å². The minimum absolute atomic E-state index is 0.0293. The molecule has 0 aliphatic carbocycles. The number of aromatic nitrogens is 2. The smallest absolute Gasteiger partial charge is 0.313 e. The number of carbonyl (C=O) groups is 2. The Morgan fingerprint density at radius 3 is 2.82 bits per heavy atom. The molecular formula is C15H22N4O3. The monoisotopic (exact) mass is 306 g/mol. The van der Waals surface area contributed by atoms with E-state index in [-0.39, 0.29) is 17.9 Å². The predicted octanol–water partition coefficient (Wildman–Crippen LogP) is 0.340. The molecule has 2 saturated heterocycles. The Kier molecular flexibility index (Phi) is 3.28. The number of likely N-dealkylation sites (tertiary alicyclic amines) is 1. The van der Waals surface area contributed by atoms with E-state index >= 15 is 0 Å². The molecule has 0 bridgehead atoms. The number of H-pyrrole nitrogens is 1. The number of hydrogen-bond acceptors (Lipinski definition) is 4. The SMILES string of the molecule is CC(C)(C)c1cc(CN2C[C@@H]3C(=O)NC[C@]3(C(=O)O)C2)[nH]n1. The van der Waals surface area contributed by atoms with E-state index in [9.17, 15) is 14.7 Å². The molecule has 2 atom stereocenters. The highest BCUT2D eigenvalue weighted by Crippen LogP contribution is 2.40. The summed E-state index contributed by atoms with van der Waals surface area (Å²) in [6.45, 7) is 7.95. The first kappa shape index (κ1) is 15.0. The summed E-state index contributed by atoms with van der Waals surface area (Å²) in [5, 5.41) is 19.6. The number of nitrogens with zero attached hydrogens (tertiary/aromatic N) is 2. The van der Waals surface area contributed by atoms with Crippen LogP contribution in [0.2, 0.25) is 0 Å². The van der Waals surface area contributed by atoms with Gasteiger partial charge in [-0.3, -0.25) is 19.6 Å². The Bertz CT molecular complexity index is 619. The molecule has 1 amide bonds. The number of aliphatic carboxylic acids is 1. The van der Waals surface area contributed by atoms with Gasteiger partial charge in [-0.15, -0.1) is 0 Å². The third-order valence-corrected chi connectivity index (χ3v) is 4.73. The molecule has 7 heteroatoms. The molecule has 3 N–H and O–H groups in total. The summed E-state index contributed by atoms with van der Waals surface area (Å²) < 4.78 is 0. The fourth-order valence-corrected chi connectivity index (χ4v) is 3.37. The first-order valence-corrected chi connectivity index (χ1v) is 7.50. The lowest BCUT2D eigenvalue weighted by atomic mass is 9.81. The Morgan fingerprint density at radius 1 is 1.55 bits per heavy atom. The molecule has 0 saturated carbocycles.